The van der Waals surface area contributed by atoms with E-state index < -0.39 is 29.6 Å². The molecule has 3 aliphatic heterocycles. The Labute approximate surface area is 247 Å². The van der Waals surface area contributed by atoms with Gasteiger partial charge < -0.3 is 34.9 Å². The fraction of sp³-hybridized carbons (Fsp3) is 0.500. The van der Waals surface area contributed by atoms with Gasteiger partial charge in [-0.15, -0.1) is 0 Å². The van der Waals surface area contributed by atoms with Crippen LogP contribution in [0.3, 0.4) is 0 Å². The number of rotatable bonds is 12. The second kappa shape index (κ2) is 12.4. The first-order valence-electron chi connectivity index (χ1n) is 14.0. The van der Waals surface area contributed by atoms with Crippen LogP contribution in [0.4, 0.5) is 11.4 Å². The Balaban J connectivity index is 1.42. The monoisotopic (exact) mass is 629 g/mol. The molecule has 220 valence electrons. The molecule has 10 nitrogen and oxygen atoms in total. The van der Waals surface area contributed by atoms with Crippen LogP contribution in [0.1, 0.15) is 32.6 Å². The van der Waals surface area contributed by atoms with Gasteiger partial charge in [0.2, 0.25) is 17.7 Å². The van der Waals surface area contributed by atoms with Crippen molar-refractivity contribution in [3.8, 4) is 11.5 Å². The number of carbonyl (C=O) groups is 3. The lowest BCUT2D eigenvalue weighted by Crippen LogP contribution is -2.54. The predicted octanol–water partition coefficient (Wildman–Crippen LogP) is 3.58. The first-order valence-corrected chi connectivity index (χ1v) is 15.0. The molecule has 1 spiro atoms. The van der Waals surface area contributed by atoms with E-state index in [9.17, 15) is 19.5 Å². The molecule has 3 amide bonds. The topological polar surface area (TPSA) is 126 Å². The van der Waals surface area contributed by atoms with Crippen molar-refractivity contribution in [2.24, 2.45) is 11.8 Å². The molecule has 2 aromatic carbocycles. The van der Waals surface area contributed by atoms with E-state index in [4.69, 9.17) is 14.2 Å². The van der Waals surface area contributed by atoms with Crippen LogP contribution in [0.15, 0.2) is 48.5 Å². The summed E-state index contributed by atoms with van der Waals surface area (Å²) in [5.74, 6) is -1.15. The number of nitrogens with zero attached hydrogens (tertiary/aromatic N) is 1. The summed E-state index contributed by atoms with van der Waals surface area (Å²) in [6, 6.07) is 13.1. The van der Waals surface area contributed by atoms with Crippen molar-refractivity contribution in [2.45, 2.75) is 55.2 Å². The van der Waals surface area contributed by atoms with Crippen LogP contribution in [-0.2, 0) is 19.1 Å². The third kappa shape index (κ3) is 5.54. The number of hydrogen-bond acceptors (Lipinski definition) is 7. The highest BCUT2D eigenvalue weighted by Gasteiger charge is 2.76. The molecule has 0 aromatic heterocycles. The lowest BCUT2D eigenvalue weighted by Gasteiger charge is -2.34. The molecule has 0 radical (unpaired) electrons. The van der Waals surface area contributed by atoms with E-state index in [0.717, 1.165) is 0 Å². The van der Waals surface area contributed by atoms with E-state index in [0.29, 0.717) is 61.7 Å². The van der Waals surface area contributed by atoms with Crippen molar-refractivity contribution >= 4 is 45.0 Å². The van der Waals surface area contributed by atoms with Crippen LogP contribution in [0.2, 0.25) is 0 Å². The van der Waals surface area contributed by atoms with Crippen molar-refractivity contribution in [1.82, 2.24) is 4.90 Å². The highest BCUT2D eigenvalue weighted by atomic mass is 79.9. The minimum Gasteiger partial charge on any atom is -0.497 e. The van der Waals surface area contributed by atoms with E-state index in [1.165, 1.54) is 0 Å². The summed E-state index contributed by atoms with van der Waals surface area (Å²) >= 11 is 3.70. The molecule has 6 atom stereocenters. The van der Waals surface area contributed by atoms with Crippen LogP contribution >= 0.6 is 15.9 Å². The molecule has 0 aliphatic carbocycles. The molecule has 3 saturated heterocycles. The number of likely N-dealkylation sites (tertiary alicyclic amines) is 1. The van der Waals surface area contributed by atoms with E-state index >= 15 is 0 Å². The summed E-state index contributed by atoms with van der Waals surface area (Å²) < 4.78 is 17.3. The number of methoxy groups -OCH3 is 1. The maximum atomic E-state index is 14.1. The Bertz CT molecular complexity index is 1260. The minimum atomic E-state index is -1.15. The van der Waals surface area contributed by atoms with Crippen molar-refractivity contribution < 1.29 is 33.7 Å². The van der Waals surface area contributed by atoms with Crippen molar-refractivity contribution in [1.29, 1.82) is 0 Å². The summed E-state index contributed by atoms with van der Waals surface area (Å²) in [7, 11) is 1.57. The summed E-state index contributed by atoms with van der Waals surface area (Å²) in [5.41, 5.74) is 0.00199. The molecule has 3 heterocycles. The maximum Gasteiger partial charge on any atom is 0.250 e. The fourth-order valence-corrected chi connectivity index (χ4v) is 7.40. The van der Waals surface area contributed by atoms with Gasteiger partial charge in [0.05, 0.1) is 31.7 Å². The molecule has 3 aliphatic rings. The number of hydrogen-bond donors (Lipinski definition) is 3. The van der Waals surface area contributed by atoms with Crippen molar-refractivity contribution in [2.75, 3.05) is 37.5 Å². The lowest BCUT2D eigenvalue weighted by molar-refractivity contribution is -0.139. The third-order valence-electron chi connectivity index (χ3n) is 8.19. The molecular weight excluding hydrogens is 594 g/mol. The number of ether oxygens (including phenoxy) is 3. The summed E-state index contributed by atoms with van der Waals surface area (Å²) in [6.07, 6.45) is 1.80. The number of aliphatic hydroxyl groups excluding tert-OH is 1. The highest BCUT2D eigenvalue weighted by Crippen LogP contribution is 2.60. The van der Waals surface area contributed by atoms with E-state index in [1.807, 2.05) is 6.92 Å². The van der Waals surface area contributed by atoms with E-state index in [2.05, 4.69) is 26.6 Å². The second-order valence-electron chi connectivity index (χ2n) is 10.6. The molecule has 5 rings (SSSR count). The normalized spacial score (nSPS) is 28.0. The molecular formula is C30H36BrN3O7. The average molecular weight is 631 g/mol. The lowest BCUT2D eigenvalue weighted by atomic mass is 9.70. The Kier molecular flexibility index (Phi) is 8.86. The van der Waals surface area contributed by atoms with Gasteiger partial charge >= 0.3 is 0 Å². The summed E-state index contributed by atoms with van der Waals surface area (Å²) in [4.78, 5) is 43.1. The fourth-order valence-electron chi connectivity index (χ4n) is 6.45. The number of aliphatic hydroxyl groups is 1. The standard InChI is InChI=1S/C30H36BrN3O7/c1-3-40-21-13-9-18(10-14-21)32-27(36)23-24-29(38)34(15-5-4-6-16-35)26(30(24)17-22(31)25(23)41-30)28(37)33-19-7-11-20(39-2)12-8-19/h7-14,22-26,35H,3-6,15-17H2,1-2H3,(H,32,36)(H,33,37)/t22?,23-,24-,25-,26?,30?/m0/s1. The van der Waals surface area contributed by atoms with Crippen molar-refractivity contribution in [3.05, 3.63) is 48.5 Å². The Morgan fingerprint density at radius 2 is 1.66 bits per heavy atom. The molecule has 3 fully saturated rings. The van der Waals surface area contributed by atoms with Gasteiger partial charge in [-0.3, -0.25) is 14.4 Å². The number of nitrogens with one attached hydrogen (secondary N) is 2. The SMILES string of the molecule is CCOc1ccc(NC(=O)[C@H]2[C@H]3C(=O)N(CCCCCO)C(C(=O)Nc4ccc(OC)cc4)C34CC(Br)[C@@H]2O4)cc1. The number of anilines is 2. The van der Waals surface area contributed by atoms with Gasteiger partial charge in [0, 0.05) is 29.4 Å². The molecule has 3 N–H and O–H groups in total. The van der Waals surface area contributed by atoms with Crippen LogP contribution in [0.25, 0.3) is 0 Å². The first kappa shape index (κ1) is 29.3. The maximum absolute atomic E-state index is 14.1. The third-order valence-corrected chi connectivity index (χ3v) is 9.03. The Hall–Kier alpha value is -3.15. The predicted molar refractivity (Wildman–Crippen MR) is 156 cm³/mol. The number of unbranched alkanes of at least 4 members (excludes halogenated alkanes) is 2. The van der Waals surface area contributed by atoms with Gasteiger partial charge in [0.15, 0.2) is 0 Å². The number of benzene rings is 2. The molecule has 2 aromatic rings. The zero-order valence-electron chi connectivity index (χ0n) is 23.2. The Morgan fingerprint density at radius 1 is 1.02 bits per heavy atom. The average Bonchev–Trinajstić information content (AvgIpc) is 3.56. The number of alkyl halides is 1. The first-order chi connectivity index (χ1) is 19.8. The molecule has 3 unspecified atom stereocenters. The largest absolute Gasteiger partial charge is 0.497 e. The van der Waals surface area contributed by atoms with Crippen LogP contribution in [0, 0.1) is 11.8 Å². The van der Waals surface area contributed by atoms with E-state index in [1.54, 1.807) is 60.5 Å². The zero-order valence-corrected chi connectivity index (χ0v) is 24.8. The highest BCUT2D eigenvalue weighted by molar-refractivity contribution is 9.09. The number of carbonyl (C=O) groups excluding carboxylic acids is 3. The molecule has 0 saturated carbocycles. The molecule has 2 bridgehead atoms. The van der Waals surface area contributed by atoms with Gasteiger partial charge in [-0.05, 0) is 81.1 Å². The van der Waals surface area contributed by atoms with Crippen molar-refractivity contribution in [3.63, 3.8) is 0 Å². The van der Waals surface area contributed by atoms with Gasteiger partial charge in [-0.1, -0.05) is 15.9 Å². The van der Waals surface area contributed by atoms with Gasteiger partial charge in [0.1, 0.15) is 23.1 Å². The molecule has 11 heteroatoms. The van der Waals surface area contributed by atoms with E-state index in [-0.39, 0.29) is 29.2 Å². The quantitative estimate of drug-likeness (QED) is 0.242. The minimum absolute atomic E-state index is 0.0613. The zero-order chi connectivity index (χ0) is 29.1. The smallest absolute Gasteiger partial charge is 0.250 e. The van der Waals surface area contributed by atoms with Gasteiger partial charge in [-0.2, -0.15) is 0 Å². The van der Waals surface area contributed by atoms with Crippen LogP contribution in [0.5, 0.6) is 11.5 Å². The number of amides is 3. The molecule has 41 heavy (non-hydrogen) atoms. The van der Waals surface area contributed by atoms with Crippen LogP contribution in [-0.4, -0.2) is 77.2 Å². The summed E-state index contributed by atoms with van der Waals surface area (Å²) in [5, 5.41) is 15.1. The van der Waals surface area contributed by atoms with Crippen LogP contribution < -0.4 is 20.1 Å². The van der Waals surface area contributed by atoms with Gasteiger partial charge in [0.25, 0.3) is 0 Å². The number of fused-ring (bicyclic) bond motifs is 1. The Morgan fingerprint density at radius 3 is 2.27 bits per heavy atom. The number of halogens is 1. The van der Waals surface area contributed by atoms with Gasteiger partial charge in [-0.25, -0.2) is 0 Å². The summed E-state index contributed by atoms with van der Waals surface area (Å²) in [6.45, 7) is 2.82. The second-order valence-corrected chi connectivity index (χ2v) is 11.8.